The molecule has 0 amide bonds. The Kier molecular flexibility index (Phi) is 20.4. The molecule has 1 heterocycles. The van der Waals surface area contributed by atoms with E-state index >= 15 is 0 Å². The Hall–Kier alpha value is -2.88. The molecule has 0 bridgehead atoms. The third-order valence-electron chi connectivity index (χ3n) is 8.41. The normalized spacial score (nSPS) is 12.3. The molecule has 1 atom stereocenters. The third kappa shape index (κ3) is 14.7. The van der Waals surface area contributed by atoms with Gasteiger partial charge in [-0.1, -0.05) is 81.7 Å². The summed E-state index contributed by atoms with van der Waals surface area (Å²) in [6.45, 7) is 23.0. The van der Waals surface area contributed by atoms with Gasteiger partial charge in [0.1, 0.15) is 28.8 Å². The first-order valence-electron chi connectivity index (χ1n) is 17.1. The minimum Gasteiger partial charge on any atom is -0.497 e. The van der Waals surface area contributed by atoms with Gasteiger partial charge in [0, 0.05) is 23.1 Å². The number of aromatic nitrogens is 1. The summed E-state index contributed by atoms with van der Waals surface area (Å²) in [7, 11) is 5.26. The van der Waals surface area contributed by atoms with Crippen LogP contribution in [-0.4, -0.2) is 55.8 Å². The molecule has 3 rings (SSSR count). The fourth-order valence-electron chi connectivity index (χ4n) is 5.13. The van der Waals surface area contributed by atoms with Gasteiger partial charge in [-0.05, 0) is 114 Å². The number of esters is 1. The Bertz CT molecular complexity index is 1480. The van der Waals surface area contributed by atoms with Crippen molar-refractivity contribution in [2.24, 2.45) is 0 Å². The second-order valence-corrected chi connectivity index (χ2v) is 13.2. The number of unbranched alkanes of at least 4 members (excludes halogenated alkanes) is 1. The first-order chi connectivity index (χ1) is 22.8. The van der Waals surface area contributed by atoms with Crippen LogP contribution in [0, 0.1) is 6.92 Å². The number of H-pyrrole nitrogens is 1. The summed E-state index contributed by atoms with van der Waals surface area (Å²) in [4.78, 5) is 17.2. The first-order valence-corrected chi connectivity index (χ1v) is 18.0. The molecule has 6 nitrogen and oxygen atoms in total. The number of rotatable bonds is 15. The standard InChI is InChI=1S/C19H19NO3.C12H26INO.C10H16/c1-12-16-10-14(13-5-4-6-15(9-13)22-2)7-8-17(16)20-18(12)11-19(21)23-3;1-5-8-9-12(7-3,15-13)11-14(4)10-6-2;1-8(2)6-7-10(5)9(3)4/h4-10,20H,11H2,1-3H3;5-11H2,1-4H3;6-7H,3H2,1-2,4-5H3/b;;10-7-/t;12-;/m.0./s1. The zero-order valence-corrected chi connectivity index (χ0v) is 33.7. The van der Waals surface area contributed by atoms with Crippen LogP contribution in [0.15, 0.2) is 77.9 Å². The monoisotopic (exact) mass is 772 g/mol. The molecule has 0 unspecified atom stereocenters. The maximum atomic E-state index is 11.5. The van der Waals surface area contributed by atoms with Crippen molar-refractivity contribution in [2.45, 2.75) is 99.5 Å². The van der Waals surface area contributed by atoms with Gasteiger partial charge in [-0.15, -0.1) is 0 Å². The maximum absolute atomic E-state index is 11.5. The topological polar surface area (TPSA) is 63.8 Å². The van der Waals surface area contributed by atoms with Gasteiger partial charge in [0.2, 0.25) is 0 Å². The molecule has 3 aromatic rings. The van der Waals surface area contributed by atoms with E-state index in [2.05, 4.69) is 118 Å². The summed E-state index contributed by atoms with van der Waals surface area (Å²) in [6, 6.07) is 14.2. The summed E-state index contributed by atoms with van der Waals surface area (Å²) < 4.78 is 15.8. The number of carbonyl (C=O) groups excluding carboxylic acids is 1. The van der Waals surface area contributed by atoms with Crippen LogP contribution < -0.4 is 4.74 Å². The second kappa shape index (κ2) is 22.7. The molecule has 1 aromatic heterocycles. The van der Waals surface area contributed by atoms with Crippen LogP contribution in [0.25, 0.3) is 22.0 Å². The third-order valence-corrected chi connectivity index (χ3v) is 9.35. The number of halogens is 1. The molecular formula is C41H61IN2O4. The highest BCUT2D eigenvalue weighted by Crippen LogP contribution is 2.30. The van der Waals surface area contributed by atoms with E-state index in [1.54, 1.807) is 7.11 Å². The molecule has 0 fully saturated rings. The van der Waals surface area contributed by atoms with Gasteiger partial charge in [0.05, 0.1) is 26.2 Å². The minimum absolute atomic E-state index is 0.0699. The molecule has 48 heavy (non-hydrogen) atoms. The van der Waals surface area contributed by atoms with E-state index in [0.29, 0.717) is 0 Å². The van der Waals surface area contributed by atoms with Crippen LogP contribution in [0.4, 0.5) is 0 Å². The van der Waals surface area contributed by atoms with Crippen molar-refractivity contribution in [2.75, 3.05) is 34.4 Å². The number of hydrogen-bond acceptors (Lipinski definition) is 5. The molecule has 0 radical (unpaired) electrons. The molecule has 0 aliphatic rings. The predicted molar refractivity (Wildman–Crippen MR) is 214 cm³/mol. The highest BCUT2D eigenvalue weighted by molar-refractivity contribution is 14.1. The van der Waals surface area contributed by atoms with Crippen LogP contribution in [0.2, 0.25) is 0 Å². The summed E-state index contributed by atoms with van der Waals surface area (Å²) in [5.74, 6) is 0.590. The zero-order valence-electron chi connectivity index (χ0n) is 31.5. The second-order valence-electron chi connectivity index (χ2n) is 12.8. The lowest BCUT2D eigenvalue weighted by Gasteiger charge is -2.34. The van der Waals surface area contributed by atoms with Crippen molar-refractivity contribution in [1.82, 2.24) is 9.88 Å². The lowest BCUT2D eigenvalue weighted by molar-refractivity contribution is -0.139. The Morgan fingerprint density at radius 1 is 1.00 bits per heavy atom. The largest absolute Gasteiger partial charge is 0.497 e. The first kappa shape index (κ1) is 43.1. The van der Waals surface area contributed by atoms with Crippen LogP contribution in [-0.2, 0) is 19.0 Å². The number of nitrogens with zero attached hydrogens (tertiary/aromatic N) is 1. The van der Waals surface area contributed by atoms with E-state index in [9.17, 15) is 4.79 Å². The van der Waals surface area contributed by atoms with Gasteiger partial charge in [-0.3, -0.25) is 4.79 Å². The van der Waals surface area contributed by atoms with E-state index < -0.39 is 0 Å². The number of aryl methyl sites for hydroxylation is 1. The van der Waals surface area contributed by atoms with Crippen molar-refractivity contribution in [1.29, 1.82) is 0 Å². The number of methoxy groups -OCH3 is 2. The van der Waals surface area contributed by atoms with E-state index in [0.717, 1.165) is 64.1 Å². The van der Waals surface area contributed by atoms with E-state index in [4.69, 9.17) is 12.5 Å². The SMILES string of the molecule is C=C(C)/C(C)=C\C=C(C)C.CCCC[C@@](CC)(CN(C)CCC)OI.COC(=O)Cc1[nH]c2ccc(-c3cccc(OC)c3)cc2c1C. The Morgan fingerprint density at radius 3 is 2.23 bits per heavy atom. The van der Waals surface area contributed by atoms with E-state index in [1.165, 1.54) is 43.9 Å². The van der Waals surface area contributed by atoms with Crippen LogP contribution in [0.1, 0.15) is 91.8 Å². The van der Waals surface area contributed by atoms with Crippen molar-refractivity contribution in [3.05, 3.63) is 89.2 Å². The van der Waals surface area contributed by atoms with Gasteiger partial charge < -0.3 is 22.4 Å². The average molecular weight is 773 g/mol. The molecule has 2 aromatic carbocycles. The molecule has 1 N–H and O–H groups in total. The molecule has 7 heteroatoms. The highest BCUT2D eigenvalue weighted by atomic mass is 127. The summed E-state index contributed by atoms with van der Waals surface area (Å²) in [5.41, 5.74) is 8.99. The summed E-state index contributed by atoms with van der Waals surface area (Å²) in [6.07, 6.45) is 10.5. The highest BCUT2D eigenvalue weighted by Gasteiger charge is 2.29. The smallest absolute Gasteiger partial charge is 0.311 e. The molecule has 0 saturated heterocycles. The number of hydrogen-bond donors (Lipinski definition) is 1. The number of benzene rings is 2. The minimum atomic E-state index is -0.243. The van der Waals surface area contributed by atoms with Gasteiger partial charge in [-0.25, -0.2) is 0 Å². The Morgan fingerprint density at radius 2 is 1.69 bits per heavy atom. The van der Waals surface area contributed by atoms with Crippen molar-refractivity contribution >= 4 is 39.9 Å². The number of allylic oxidation sites excluding steroid dienone is 5. The number of aromatic amines is 1. The molecule has 0 aliphatic carbocycles. The van der Waals surface area contributed by atoms with Gasteiger partial charge in [0.25, 0.3) is 0 Å². The number of ether oxygens (including phenoxy) is 2. The molecule has 0 spiro atoms. The Labute approximate surface area is 305 Å². The van der Waals surface area contributed by atoms with Crippen molar-refractivity contribution in [3.63, 3.8) is 0 Å². The summed E-state index contributed by atoms with van der Waals surface area (Å²) in [5, 5.41) is 1.12. The quantitative estimate of drug-likeness (QED) is 0.0947. The van der Waals surface area contributed by atoms with Gasteiger partial charge >= 0.3 is 5.97 Å². The number of fused-ring (bicyclic) bond motifs is 1. The fourth-order valence-corrected chi connectivity index (χ4v) is 5.80. The Balaban J connectivity index is 0.000000399. The number of likely N-dealkylation sites (N-methyl/N-ethyl adjacent to an activating group) is 1. The average Bonchev–Trinajstić information content (AvgIpc) is 3.39. The summed E-state index contributed by atoms with van der Waals surface area (Å²) >= 11 is 2.08. The molecule has 0 aliphatic heterocycles. The lowest BCUT2D eigenvalue weighted by atomic mass is 9.93. The molecular weight excluding hydrogens is 711 g/mol. The van der Waals surface area contributed by atoms with Crippen LogP contribution in [0.3, 0.4) is 0 Å². The lowest BCUT2D eigenvalue weighted by Crippen LogP contribution is -2.41. The fraction of sp³-hybridized carbons (Fsp3) is 0.488. The molecule has 266 valence electrons. The number of carbonyl (C=O) groups is 1. The van der Waals surface area contributed by atoms with Crippen LogP contribution in [0.5, 0.6) is 5.75 Å². The predicted octanol–water partition coefficient (Wildman–Crippen LogP) is 11.4. The van der Waals surface area contributed by atoms with E-state index in [1.807, 2.05) is 38.1 Å². The number of nitrogens with one attached hydrogen (secondary N) is 1. The molecule has 0 saturated carbocycles. The maximum Gasteiger partial charge on any atom is 0.311 e. The van der Waals surface area contributed by atoms with Crippen LogP contribution >= 0.6 is 23.0 Å². The zero-order chi connectivity index (χ0) is 36.3. The van der Waals surface area contributed by atoms with Gasteiger partial charge in [0.15, 0.2) is 0 Å². The van der Waals surface area contributed by atoms with Crippen molar-refractivity contribution in [3.8, 4) is 16.9 Å². The van der Waals surface area contributed by atoms with Crippen molar-refractivity contribution < 1.29 is 17.3 Å². The van der Waals surface area contributed by atoms with E-state index in [-0.39, 0.29) is 18.0 Å². The van der Waals surface area contributed by atoms with Gasteiger partial charge in [-0.2, -0.15) is 0 Å².